The Kier molecular flexibility index (Phi) is 10.7. The number of hydrogen-bond acceptors (Lipinski definition) is 5. The fraction of sp³-hybridized carbons (Fsp3) is 0.375. The maximum absolute atomic E-state index is 13.0. The lowest BCUT2D eigenvalue weighted by atomic mass is 10.0. The summed E-state index contributed by atoms with van der Waals surface area (Å²) in [7, 11) is 1.85. The lowest BCUT2D eigenvalue weighted by molar-refractivity contribution is -0.128. The third kappa shape index (κ3) is 9.18. The van der Waals surface area contributed by atoms with Gasteiger partial charge in [0, 0.05) is 6.42 Å². The van der Waals surface area contributed by atoms with Gasteiger partial charge in [-0.25, -0.2) is 4.79 Å². The molecule has 172 valence electrons. The number of ether oxygens (including phenoxy) is 1. The van der Waals surface area contributed by atoms with Crippen molar-refractivity contribution in [1.29, 1.82) is 0 Å². The van der Waals surface area contributed by atoms with Gasteiger partial charge in [-0.1, -0.05) is 60.7 Å². The van der Waals surface area contributed by atoms with Crippen LogP contribution in [0.5, 0.6) is 0 Å². The summed E-state index contributed by atoms with van der Waals surface area (Å²) in [5.74, 6) is -1.09. The van der Waals surface area contributed by atoms with Gasteiger partial charge in [0.15, 0.2) is 0 Å². The summed E-state index contributed by atoms with van der Waals surface area (Å²) < 4.78 is 5.26. The van der Waals surface area contributed by atoms with E-state index >= 15 is 0 Å². The minimum atomic E-state index is -0.917. The third-order valence-corrected chi connectivity index (χ3v) is 4.93. The van der Waals surface area contributed by atoms with E-state index in [2.05, 4.69) is 16.0 Å². The number of hydrogen-bond donors (Lipinski definition) is 4. The molecule has 0 bridgehead atoms. The van der Waals surface area contributed by atoms with Gasteiger partial charge >= 0.3 is 6.09 Å². The van der Waals surface area contributed by atoms with Gasteiger partial charge in [0.2, 0.25) is 11.8 Å². The lowest BCUT2D eigenvalue weighted by Crippen LogP contribution is -2.53. The molecule has 5 N–H and O–H groups in total. The van der Waals surface area contributed by atoms with E-state index in [1.54, 1.807) is 0 Å². The fourth-order valence-electron chi connectivity index (χ4n) is 3.17. The molecule has 0 unspecified atom stereocenters. The van der Waals surface area contributed by atoms with Crippen LogP contribution in [0, 0.1) is 0 Å². The first-order valence-electron chi connectivity index (χ1n) is 10.7. The van der Waals surface area contributed by atoms with Gasteiger partial charge in [-0.05, 0) is 44.0 Å². The van der Waals surface area contributed by atoms with Crippen LogP contribution >= 0.6 is 0 Å². The Labute approximate surface area is 188 Å². The Morgan fingerprint density at radius 2 is 1.50 bits per heavy atom. The van der Waals surface area contributed by atoms with Gasteiger partial charge in [-0.3, -0.25) is 9.59 Å². The van der Waals surface area contributed by atoms with Crippen molar-refractivity contribution < 1.29 is 19.1 Å². The third-order valence-electron chi connectivity index (χ3n) is 4.93. The minimum absolute atomic E-state index is 0.0850. The van der Waals surface area contributed by atoms with E-state index in [1.807, 2.05) is 67.7 Å². The number of primary amides is 1. The van der Waals surface area contributed by atoms with Gasteiger partial charge in [0.25, 0.3) is 0 Å². The van der Waals surface area contributed by atoms with Crippen molar-refractivity contribution in [3.63, 3.8) is 0 Å². The fourth-order valence-corrected chi connectivity index (χ4v) is 3.17. The van der Waals surface area contributed by atoms with Crippen LogP contribution in [0.3, 0.4) is 0 Å². The summed E-state index contributed by atoms with van der Waals surface area (Å²) in [6, 6.07) is 16.8. The first-order chi connectivity index (χ1) is 15.5. The highest BCUT2D eigenvalue weighted by molar-refractivity contribution is 5.90. The predicted octanol–water partition coefficient (Wildman–Crippen LogP) is 1.88. The van der Waals surface area contributed by atoms with Crippen molar-refractivity contribution in [2.75, 3.05) is 13.6 Å². The summed E-state index contributed by atoms with van der Waals surface area (Å²) in [4.78, 5) is 37.2. The zero-order chi connectivity index (χ0) is 23.2. The van der Waals surface area contributed by atoms with Crippen molar-refractivity contribution >= 4 is 17.9 Å². The molecule has 32 heavy (non-hydrogen) atoms. The molecule has 2 atom stereocenters. The van der Waals surface area contributed by atoms with E-state index in [-0.39, 0.29) is 13.0 Å². The summed E-state index contributed by atoms with van der Waals surface area (Å²) in [5, 5.41) is 8.35. The molecular formula is C24H32N4O4. The van der Waals surface area contributed by atoms with Crippen LogP contribution < -0.4 is 21.7 Å². The molecule has 0 heterocycles. The molecule has 2 aromatic rings. The van der Waals surface area contributed by atoms with Gasteiger partial charge < -0.3 is 26.4 Å². The average Bonchev–Trinajstić information content (AvgIpc) is 2.80. The highest BCUT2D eigenvalue weighted by Gasteiger charge is 2.26. The summed E-state index contributed by atoms with van der Waals surface area (Å²) >= 11 is 0. The number of benzene rings is 2. The maximum Gasteiger partial charge on any atom is 0.408 e. The predicted molar refractivity (Wildman–Crippen MR) is 123 cm³/mol. The molecule has 0 spiro atoms. The molecular weight excluding hydrogens is 408 g/mol. The average molecular weight is 441 g/mol. The molecule has 0 aliphatic heterocycles. The molecule has 2 aromatic carbocycles. The van der Waals surface area contributed by atoms with Gasteiger partial charge in [0.05, 0.1) is 0 Å². The van der Waals surface area contributed by atoms with Gasteiger partial charge in [-0.2, -0.15) is 0 Å². The number of alkyl carbamates (subject to hydrolysis) is 1. The highest BCUT2D eigenvalue weighted by Crippen LogP contribution is 2.07. The van der Waals surface area contributed by atoms with Crippen molar-refractivity contribution in [3.8, 4) is 0 Å². The smallest absolute Gasteiger partial charge is 0.408 e. The topological polar surface area (TPSA) is 123 Å². The van der Waals surface area contributed by atoms with Gasteiger partial charge in [-0.15, -0.1) is 0 Å². The largest absolute Gasteiger partial charge is 0.445 e. The second kappa shape index (κ2) is 13.8. The minimum Gasteiger partial charge on any atom is -0.445 e. The van der Waals surface area contributed by atoms with E-state index in [9.17, 15) is 14.4 Å². The molecule has 2 rings (SSSR count). The SMILES string of the molecule is CNCCCC[C@H](NC(=O)[C@H](Cc1ccccc1)NC(=O)OCc1ccccc1)C(N)=O. The van der Waals surface area contributed by atoms with Crippen LogP contribution in [0.1, 0.15) is 30.4 Å². The molecule has 0 saturated carbocycles. The van der Waals surface area contributed by atoms with Crippen molar-refractivity contribution in [2.45, 2.75) is 44.4 Å². The second-order valence-corrected chi connectivity index (χ2v) is 7.51. The van der Waals surface area contributed by atoms with E-state index in [4.69, 9.17) is 10.5 Å². The molecule has 3 amide bonds. The number of nitrogens with one attached hydrogen (secondary N) is 3. The first kappa shape index (κ1) is 24.9. The van der Waals surface area contributed by atoms with Crippen LogP contribution in [-0.2, 0) is 27.4 Å². The number of carbonyl (C=O) groups is 3. The van der Waals surface area contributed by atoms with E-state index < -0.39 is 30.0 Å². The second-order valence-electron chi connectivity index (χ2n) is 7.51. The number of carbonyl (C=O) groups excluding carboxylic acids is 3. The van der Waals surface area contributed by atoms with E-state index in [0.29, 0.717) is 6.42 Å². The molecule has 0 radical (unpaired) electrons. The Hall–Kier alpha value is -3.39. The van der Waals surface area contributed by atoms with Crippen LogP contribution in [0.25, 0.3) is 0 Å². The van der Waals surface area contributed by atoms with Crippen molar-refractivity contribution in [3.05, 3.63) is 71.8 Å². The van der Waals surface area contributed by atoms with Crippen LogP contribution in [0.2, 0.25) is 0 Å². The number of nitrogens with two attached hydrogens (primary N) is 1. The highest BCUT2D eigenvalue weighted by atomic mass is 16.5. The summed E-state index contributed by atoms with van der Waals surface area (Å²) in [6.45, 7) is 0.895. The van der Waals surface area contributed by atoms with Crippen LogP contribution in [-0.4, -0.2) is 43.6 Å². The van der Waals surface area contributed by atoms with Gasteiger partial charge in [0.1, 0.15) is 18.7 Å². The molecule has 0 aliphatic rings. The monoisotopic (exact) mass is 440 g/mol. The summed E-state index contributed by atoms with van der Waals surface area (Å²) in [6.07, 6.45) is 1.55. The molecule has 0 saturated heterocycles. The Morgan fingerprint density at radius 3 is 2.09 bits per heavy atom. The number of rotatable bonds is 13. The molecule has 8 heteroatoms. The summed E-state index contributed by atoms with van der Waals surface area (Å²) in [5.41, 5.74) is 7.18. The van der Waals surface area contributed by atoms with Crippen LogP contribution in [0.15, 0.2) is 60.7 Å². The normalized spacial score (nSPS) is 12.4. The molecule has 0 aliphatic carbocycles. The Balaban J connectivity index is 2.01. The maximum atomic E-state index is 13.0. The first-order valence-corrected chi connectivity index (χ1v) is 10.7. The Morgan fingerprint density at radius 1 is 0.875 bits per heavy atom. The zero-order valence-corrected chi connectivity index (χ0v) is 18.4. The number of amides is 3. The zero-order valence-electron chi connectivity index (χ0n) is 18.4. The number of unbranched alkanes of at least 4 members (excludes halogenated alkanes) is 1. The quantitative estimate of drug-likeness (QED) is 0.354. The van der Waals surface area contributed by atoms with E-state index in [1.165, 1.54) is 0 Å². The lowest BCUT2D eigenvalue weighted by Gasteiger charge is -2.22. The molecule has 0 aromatic heterocycles. The molecule has 0 fully saturated rings. The van der Waals surface area contributed by atoms with Crippen molar-refractivity contribution in [2.24, 2.45) is 5.73 Å². The standard InChI is InChI=1S/C24H32N4O4/c1-26-15-9-8-14-20(22(25)29)27-23(30)21(16-18-10-4-2-5-11-18)28-24(31)32-17-19-12-6-3-7-13-19/h2-7,10-13,20-21,26H,8-9,14-17H2,1H3,(H2,25,29)(H,27,30)(H,28,31)/t20-,21-/m0/s1. The Bertz CT molecular complexity index is 846. The van der Waals surface area contributed by atoms with E-state index in [0.717, 1.165) is 30.5 Å². The van der Waals surface area contributed by atoms with Crippen molar-refractivity contribution in [1.82, 2.24) is 16.0 Å². The van der Waals surface area contributed by atoms with Crippen LogP contribution in [0.4, 0.5) is 4.79 Å². The molecule has 8 nitrogen and oxygen atoms in total.